The van der Waals surface area contributed by atoms with E-state index in [2.05, 4.69) is 20.7 Å². The molecule has 2 heterocycles. The van der Waals surface area contributed by atoms with E-state index < -0.39 is 5.41 Å². The van der Waals surface area contributed by atoms with Crippen LogP contribution in [0, 0.1) is 5.41 Å². The normalized spacial score (nSPS) is 17.2. The van der Waals surface area contributed by atoms with Crippen LogP contribution >= 0.6 is 0 Å². The van der Waals surface area contributed by atoms with Crippen molar-refractivity contribution in [3.63, 3.8) is 0 Å². The number of fused-ring (bicyclic) bond motifs is 1. The molecule has 0 saturated heterocycles. The Morgan fingerprint density at radius 2 is 2.12 bits per heavy atom. The van der Waals surface area contributed by atoms with E-state index >= 15 is 0 Å². The number of ketones is 1. The maximum atomic E-state index is 12.5. The van der Waals surface area contributed by atoms with E-state index in [4.69, 9.17) is 0 Å². The highest BCUT2D eigenvalue weighted by molar-refractivity contribution is 5.92. The minimum Gasteiger partial charge on any atom is -0.344 e. The van der Waals surface area contributed by atoms with Gasteiger partial charge in [-0.25, -0.2) is 4.68 Å². The number of amides is 1. The van der Waals surface area contributed by atoms with Gasteiger partial charge in [-0.15, -0.1) is 5.10 Å². The van der Waals surface area contributed by atoms with Crippen molar-refractivity contribution < 1.29 is 9.59 Å². The van der Waals surface area contributed by atoms with Crippen molar-refractivity contribution in [2.75, 3.05) is 0 Å². The first-order valence-electron chi connectivity index (χ1n) is 8.51. The Hall–Kier alpha value is -2.51. The van der Waals surface area contributed by atoms with Crippen LogP contribution in [0.15, 0.2) is 12.4 Å². The molecule has 0 unspecified atom stereocenters. The largest absolute Gasteiger partial charge is 0.344 e. The first-order chi connectivity index (χ1) is 11.8. The Labute approximate surface area is 146 Å². The van der Waals surface area contributed by atoms with Crippen molar-refractivity contribution >= 4 is 11.7 Å². The molecule has 3 rings (SSSR count). The minimum atomic E-state index is -0.451. The third kappa shape index (κ3) is 3.62. The summed E-state index contributed by atoms with van der Waals surface area (Å²) in [6.45, 7) is 5.68. The third-order valence-corrected chi connectivity index (χ3v) is 4.59. The Balaban J connectivity index is 1.68. The lowest BCUT2D eigenvalue weighted by Gasteiger charge is -2.23. The monoisotopic (exact) mass is 344 g/mol. The number of carbonyl (C=O) groups excluding carboxylic acids is 2. The van der Waals surface area contributed by atoms with E-state index in [-0.39, 0.29) is 30.0 Å². The Bertz CT molecular complexity index is 798. The fraction of sp³-hybridized carbons (Fsp3) is 0.588. The first-order valence-corrected chi connectivity index (χ1v) is 8.51. The number of aryl methyl sites for hydroxylation is 1. The summed E-state index contributed by atoms with van der Waals surface area (Å²) in [4.78, 5) is 24.6. The molecule has 2 aromatic rings. The minimum absolute atomic E-state index is 0.0386. The fourth-order valence-corrected chi connectivity index (χ4v) is 2.95. The predicted molar refractivity (Wildman–Crippen MR) is 90.8 cm³/mol. The number of nitrogens with zero attached hydrogens (tertiary/aromatic N) is 5. The van der Waals surface area contributed by atoms with E-state index in [0.717, 1.165) is 30.5 Å². The zero-order valence-electron chi connectivity index (χ0n) is 15.1. The van der Waals surface area contributed by atoms with Crippen molar-refractivity contribution in [1.82, 2.24) is 30.1 Å². The molecular formula is C17H24N6O2. The molecule has 1 aliphatic rings. The van der Waals surface area contributed by atoms with E-state index in [9.17, 15) is 9.59 Å². The second-order valence-corrected chi connectivity index (χ2v) is 7.56. The van der Waals surface area contributed by atoms with Gasteiger partial charge in [0.05, 0.1) is 18.4 Å². The van der Waals surface area contributed by atoms with Crippen LogP contribution in [0.4, 0.5) is 0 Å². The second-order valence-electron chi connectivity index (χ2n) is 7.56. The summed E-state index contributed by atoms with van der Waals surface area (Å²) < 4.78 is 3.28. The van der Waals surface area contributed by atoms with Gasteiger partial charge >= 0.3 is 0 Å². The highest BCUT2D eigenvalue weighted by atomic mass is 16.2. The molecule has 1 atom stereocenters. The van der Waals surface area contributed by atoms with Crippen LogP contribution in [0.25, 0.3) is 0 Å². The van der Waals surface area contributed by atoms with Crippen molar-refractivity contribution in [2.24, 2.45) is 12.5 Å². The number of hydrogen-bond acceptors (Lipinski definition) is 5. The van der Waals surface area contributed by atoms with Gasteiger partial charge in [0.25, 0.3) is 5.91 Å². The molecule has 1 N–H and O–H groups in total. The zero-order valence-corrected chi connectivity index (χ0v) is 15.1. The molecule has 0 radical (unpaired) electrons. The van der Waals surface area contributed by atoms with Gasteiger partial charge in [-0.05, 0) is 19.3 Å². The van der Waals surface area contributed by atoms with Gasteiger partial charge in [0.1, 0.15) is 6.54 Å². The van der Waals surface area contributed by atoms with Gasteiger partial charge in [0.15, 0.2) is 11.5 Å². The topological polar surface area (TPSA) is 94.7 Å². The molecule has 0 aliphatic heterocycles. The number of aromatic nitrogens is 5. The Morgan fingerprint density at radius 1 is 1.36 bits per heavy atom. The standard InChI is InChI=1S/C17H24N6O2/c1-17(2,3)15(24)10-23-9-13(20-21-23)16(25)19-12-6-5-7-14-11(12)8-18-22(14)4/h8-9,12H,5-7,10H2,1-4H3,(H,19,25)/t12-/m1/s1. The van der Waals surface area contributed by atoms with Crippen LogP contribution in [-0.2, 0) is 24.8 Å². The summed E-state index contributed by atoms with van der Waals surface area (Å²) in [5.74, 6) is -0.243. The molecule has 0 aromatic carbocycles. The Kier molecular flexibility index (Phi) is 4.45. The summed E-state index contributed by atoms with van der Waals surface area (Å²) in [5.41, 5.74) is 2.00. The van der Waals surface area contributed by atoms with E-state index in [1.807, 2.05) is 38.7 Å². The highest BCUT2D eigenvalue weighted by Crippen LogP contribution is 2.29. The first kappa shape index (κ1) is 17.3. The fourth-order valence-electron chi connectivity index (χ4n) is 2.95. The molecule has 0 fully saturated rings. The van der Waals surface area contributed by atoms with Gasteiger partial charge in [0, 0.05) is 23.7 Å². The number of rotatable bonds is 4. The van der Waals surface area contributed by atoms with Crippen molar-refractivity contribution in [3.8, 4) is 0 Å². The lowest BCUT2D eigenvalue weighted by Crippen LogP contribution is -2.31. The third-order valence-electron chi connectivity index (χ3n) is 4.59. The molecule has 0 saturated carbocycles. The van der Waals surface area contributed by atoms with Crippen molar-refractivity contribution in [3.05, 3.63) is 29.3 Å². The molecule has 0 spiro atoms. The van der Waals surface area contributed by atoms with E-state index in [0.29, 0.717) is 0 Å². The van der Waals surface area contributed by atoms with Gasteiger partial charge in [0.2, 0.25) is 0 Å². The van der Waals surface area contributed by atoms with Crippen molar-refractivity contribution in [2.45, 2.75) is 52.6 Å². The van der Waals surface area contributed by atoms with Crippen LogP contribution in [0.3, 0.4) is 0 Å². The Morgan fingerprint density at radius 3 is 2.84 bits per heavy atom. The van der Waals surface area contributed by atoms with Crippen molar-refractivity contribution in [1.29, 1.82) is 0 Å². The highest BCUT2D eigenvalue weighted by Gasteiger charge is 2.26. The summed E-state index contributed by atoms with van der Waals surface area (Å²) in [6, 6.07) is -0.0636. The average molecular weight is 344 g/mol. The number of hydrogen-bond donors (Lipinski definition) is 1. The molecule has 25 heavy (non-hydrogen) atoms. The molecule has 0 bridgehead atoms. The lowest BCUT2D eigenvalue weighted by molar-refractivity contribution is -0.127. The smallest absolute Gasteiger partial charge is 0.273 e. The lowest BCUT2D eigenvalue weighted by atomic mass is 9.91. The summed E-state index contributed by atoms with van der Waals surface area (Å²) in [7, 11) is 1.92. The van der Waals surface area contributed by atoms with E-state index in [1.165, 1.54) is 10.9 Å². The van der Waals surface area contributed by atoms with Gasteiger partial charge in [-0.3, -0.25) is 14.3 Å². The summed E-state index contributed by atoms with van der Waals surface area (Å²) >= 11 is 0. The molecule has 8 heteroatoms. The SMILES string of the molecule is Cn1ncc2c1CCC[C@H]2NC(=O)c1cn(CC(=O)C(C)(C)C)nn1. The second kappa shape index (κ2) is 6.42. The number of carbonyl (C=O) groups is 2. The predicted octanol–water partition coefficient (Wildman–Crippen LogP) is 1.43. The maximum Gasteiger partial charge on any atom is 0.273 e. The molecule has 1 amide bonds. The number of Topliss-reactive ketones (excluding diaryl/α,β-unsaturated/α-hetero) is 1. The van der Waals surface area contributed by atoms with E-state index in [1.54, 1.807) is 0 Å². The molecule has 8 nitrogen and oxygen atoms in total. The van der Waals surface area contributed by atoms with Gasteiger partial charge in [-0.2, -0.15) is 5.10 Å². The molecule has 134 valence electrons. The summed E-state index contributed by atoms with van der Waals surface area (Å²) in [6.07, 6.45) is 6.19. The number of nitrogens with one attached hydrogen (secondary N) is 1. The van der Waals surface area contributed by atoms with Crippen LogP contribution in [-0.4, -0.2) is 36.5 Å². The van der Waals surface area contributed by atoms with Gasteiger partial charge in [-0.1, -0.05) is 26.0 Å². The zero-order chi connectivity index (χ0) is 18.2. The molecule has 2 aromatic heterocycles. The molecule has 1 aliphatic carbocycles. The van der Waals surface area contributed by atoms with Gasteiger partial charge < -0.3 is 5.32 Å². The van der Waals surface area contributed by atoms with Crippen LogP contribution in [0.5, 0.6) is 0 Å². The van der Waals surface area contributed by atoms with Crippen LogP contribution in [0.1, 0.15) is 61.4 Å². The molecular weight excluding hydrogens is 320 g/mol. The average Bonchev–Trinajstić information content (AvgIpc) is 3.15. The summed E-state index contributed by atoms with van der Waals surface area (Å²) in [5, 5.41) is 15.1. The van der Waals surface area contributed by atoms with Crippen LogP contribution in [0.2, 0.25) is 0 Å². The van der Waals surface area contributed by atoms with Crippen LogP contribution < -0.4 is 5.32 Å². The quantitative estimate of drug-likeness (QED) is 0.905. The maximum absolute atomic E-state index is 12.5.